The molecule has 0 radical (unpaired) electrons. The zero-order chi connectivity index (χ0) is 11.5. The Morgan fingerprint density at radius 3 is 2.88 bits per heavy atom. The van der Waals surface area contributed by atoms with Crippen LogP contribution in [0.5, 0.6) is 0 Å². The van der Waals surface area contributed by atoms with Gasteiger partial charge in [0, 0.05) is 6.42 Å². The lowest BCUT2D eigenvalue weighted by molar-refractivity contribution is 0.0989. The van der Waals surface area contributed by atoms with E-state index in [1.807, 2.05) is 0 Å². The molecule has 82 valence electrons. The summed E-state index contributed by atoms with van der Waals surface area (Å²) in [5.74, 6) is -0.987. The molecule has 0 unspecified atom stereocenters. The van der Waals surface area contributed by atoms with E-state index in [2.05, 4.69) is 0 Å². The molecule has 2 nitrogen and oxygen atoms in total. The van der Waals surface area contributed by atoms with Crippen molar-refractivity contribution in [1.82, 2.24) is 0 Å². The first-order chi connectivity index (χ1) is 7.68. The minimum Gasteiger partial charge on any atom is -0.472 e. The first kappa shape index (κ1) is 10.9. The average Bonchev–Trinajstić information content (AvgIpc) is 2.74. The molecule has 2 rings (SSSR count). The second-order valence-corrected chi connectivity index (χ2v) is 3.74. The summed E-state index contributed by atoms with van der Waals surface area (Å²) in [5, 5.41) is -0.0435. The molecule has 0 spiro atoms. The fourth-order valence-corrected chi connectivity index (χ4v) is 1.57. The van der Waals surface area contributed by atoms with E-state index in [9.17, 15) is 9.18 Å². The molecule has 0 aliphatic heterocycles. The summed E-state index contributed by atoms with van der Waals surface area (Å²) in [6.07, 6.45) is 3.03. The summed E-state index contributed by atoms with van der Waals surface area (Å²) < 4.78 is 18.3. The third kappa shape index (κ3) is 2.14. The smallest absolute Gasteiger partial charge is 0.170 e. The van der Waals surface area contributed by atoms with Crippen LogP contribution < -0.4 is 0 Å². The predicted octanol–water partition coefficient (Wildman–Crippen LogP) is 3.50. The number of hydrogen-bond acceptors (Lipinski definition) is 2. The standard InChI is InChI=1S/C12H8ClFO2/c13-10-3-1-2-9(12(10)14)11(15)6-8-4-5-16-7-8/h1-5,7H,6H2. The van der Waals surface area contributed by atoms with Gasteiger partial charge in [0.25, 0.3) is 0 Å². The maximum Gasteiger partial charge on any atom is 0.170 e. The lowest BCUT2D eigenvalue weighted by Gasteiger charge is -2.02. The van der Waals surface area contributed by atoms with Gasteiger partial charge in [0.1, 0.15) is 0 Å². The SMILES string of the molecule is O=C(Cc1ccoc1)c1cccc(Cl)c1F. The third-order valence-corrected chi connectivity index (χ3v) is 2.49. The van der Waals surface area contributed by atoms with Gasteiger partial charge in [-0.25, -0.2) is 4.39 Å². The highest BCUT2D eigenvalue weighted by atomic mass is 35.5. The molecule has 0 atom stereocenters. The van der Waals surface area contributed by atoms with Crippen LogP contribution >= 0.6 is 11.6 Å². The van der Waals surface area contributed by atoms with Crippen molar-refractivity contribution in [2.75, 3.05) is 0 Å². The lowest BCUT2D eigenvalue weighted by Crippen LogP contribution is -2.05. The summed E-state index contributed by atoms with van der Waals surface area (Å²) in [6, 6.07) is 6.05. The van der Waals surface area contributed by atoms with Crippen molar-refractivity contribution in [3.05, 3.63) is 58.8 Å². The second-order valence-electron chi connectivity index (χ2n) is 3.33. The highest BCUT2D eigenvalue weighted by Gasteiger charge is 2.14. The van der Waals surface area contributed by atoms with Crippen LogP contribution in [0, 0.1) is 5.82 Å². The van der Waals surface area contributed by atoms with E-state index in [0.717, 1.165) is 0 Å². The predicted molar refractivity (Wildman–Crippen MR) is 58.2 cm³/mol. The van der Waals surface area contributed by atoms with Gasteiger partial charge in [-0.1, -0.05) is 17.7 Å². The van der Waals surface area contributed by atoms with Crippen LogP contribution in [-0.2, 0) is 6.42 Å². The van der Waals surface area contributed by atoms with E-state index in [4.69, 9.17) is 16.0 Å². The van der Waals surface area contributed by atoms with Gasteiger partial charge in [-0.05, 0) is 23.8 Å². The van der Waals surface area contributed by atoms with E-state index in [1.165, 1.54) is 24.7 Å². The van der Waals surface area contributed by atoms with E-state index in [1.54, 1.807) is 12.1 Å². The van der Waals surface area contributed by atoms with E-state index in [-0.39, 0.29) is 22.8 Å². The van der Waals surface area contributed by atoms with Gasteiger partial charge in [0.05, 0.1) is 23.1 Å². The number of hydrogen-bond donors (Lipinski definition) is 0. The average molecular weight is 239 g/mol. The van der Waals surface area contributed by atoms with Crippen molar-refractivity contribution in [2.45, 2.75) is 6.42 Å². The van der Waals surface area contributed by atoms with Gasteiger partial charge >= 0.3 is 0 Å². The third-order valence-electron chi connectivity index (χ3n) is 2.20. The molecule has 2 aromatic rings. The molecule has 1 heterocycles. The molecule has 0 saturated carbocycles. The first-order valence-corrected chi connectivity index (χ1v) is 5.04. The Hall–Kier alpha value is -1.61. The maximum atomic E-state index is 13.5. The monoisotopic (exact) mass is 238 g/mol. The Balaban J connectivity index is 2.24. The molecule has 4 heteroatoms. The summed E-state index contributed by atoms with van der Waals surface area (Å²) >= 11 is 5.59. The number of furan rings is 1. The molecule has 0 amide bonds. The van der Waals surface area contributed by atoms with Gasteiger partial charge < -0.3 is 4.42 Å². The van der Waals surface area contributed by atoms with Gasteiger partial charge in [-0.15, -0.1) is 0 Å². The minimum atomic E-state index is -0.669. The van der Waals surface area contributed by atoms with Gasteiger partial charge in [-0.3, -0.25) is 4.79 Å². The molecule has 0 aliphatic carbocycles. The van der Waals surface area contributed by atoms with Crippen LogP contribution in [0.2, 0.25) is 5.02 Å². The van der Waals surface area contributed by atoms with Crippen LogP contribution in [0.15, 0.2) is 41.2 Å². The van der Waals surface area contributed by atoms with Gasteiger partial charge in [0.15, 0.2) is 11.6 Å². The number of carbonyl (C=O) groups excluding carboxylic acids is 1. The Labute approximate surface area is 96.6 Å². The zero-order valence-electron chi connectivity index (χ0n) is 8.24. The quantitative estimate of drug-likeness (QED) is 0.766. The zero-order valence-corrected chi connectivity index (χ0v) is 9.00. The Bertz CT molecular complexity index is 506. The largest absolute Gasteiger partial charge is 0.472 e. The summed E-state index contributed by atoms with van der Waals surface area (Å²) in [4.78, 5) is 11.7. The molecule has 0 bridgehead atoms. The molecule has 16 heavy (non-hydrogen) atoms. The van der Waals surface area contributed by atoms with E-state index < -0.39 is 5.82 Å². The Kier molecular flexibility index (Phi) is 3.06. The fraction of sp³-hybridized carbons (Fsp3) is 0.0833. The minimum absolute atomic E-state index is 0.00806. The van der Waals surface area contributed by atoms with Crippen LogP contribution in [0.25, 0.3) is 0 Å². The second kappa shape index (κ2) is 4.49. The molecular weight excluding hydrogens is 231 g/mol. The molecule has 1 aromatic carbocycles. The summed E-state index contributed by atoms with van der Waals surface area (Å²) in [6.45, 7) is 0. The van der Waals surface area contributed by atoms with Crippen LogP contribution in [0.1, 0.15) is 15.9 Å². The topological polar surface area (TPSA) is 30.2 Å². The normalized spacial score (nSPS) is 10.4. The molecule has 0 aliphatic rings. The number of Topliss-reactive ketones (excluding diaryl/α,β-unsaturated/α-hetero) is 1. The summed E-state index contributed by atoms with van der Waals surface area (Å²) in [5.41, 5.74) is 0.720. The van der Waals surface area contributed by atoms with E-state index in [0.29, 0.717) is 5.56 Å². The Morgan fingerprint density at radius 1 is 1.38 bits per heavy atom. The number of benzene rings is 1. The van der Waals surface area contributed by atoms with Crippen molar-refractivity contribution >= 4 is 17.4 Å². The molecule has 0 fully saturated rings. The molecule has 0 N–H and O–H groups in total. The van der Waals surface area contributed by atoms with Crippen LogP contribution in [-0.4, -0.2) is 5.78 Å². The van der Waals surface area contributed by atoms with Crippen molar-refractivity contribution in [1.29, 1.82) is 0 Å². The first-order valence-electron chi connectivity index (χ1n) is 4.67. The van der Waals surface area contributed by atoms with Gasteiger partial charge in [0.2, 0.25) is 0 Å². The Morgan fingerprint density at radius 2 is 2.19 bits per heavy atom. The van der Waals surface area contributed by atoms with Crippen LogP contribution in [0.4, 0.5) is 4.39 Å². The fourth-order valence-electron chi connectivity index (χ4n) is 1.39. The molecule has 0 saturated heterocycles. The number of carbonyl (C=O) groups is 1. The van der Waals surface area contributed by atoms with E-state index >= 15 is 0 Å². The molecule has 1 aromatic heterocycles. The lowest BCUT2D eigenvalue weighted by atomic mass is 10.0. The number of halogens is 2. The maximum absolute atomic E-state index is 13.5. The van der Waals surface area contributed by atoms with Crippen molar-refractivity contribution in [2.24, 2.45) is 0 Å². The van der Waals surface area contributed by atoms with Crippen molar-refractivity contribution < 1.29 is 13.6 Å². The van der Waals surface area contributed by atoms with Gasteiger partial charge in [-0.2, -0.15) is 0 Å². The summed E-state index contributed by atoms with van der Waals surface area (Å²) in [7, 11) is 0. The van der Waals surface area contributed by atoms with Crippen LogP contribution in [0.3, 0.4) is 0 Å². The molecular formula is C12H8ClFO2. The highest BCUT2D eigenvalue weighted by Crippen LogP contribution is 2.19. The van der Waals surface area contributed by atoms with Crippen molar-refractivity contribution in [3.63, 3.8) is 0 Å². The van der Waals surface area contributed by atoms with Crippen molar-refractivity contribution in [3.8, 4) is 0 Å². The number of ketones is 1. The highest BCUT2D eigenvalue weighted by molar-refractivity contribution is 6.31. The number of rotatable bonds is 3.